The molecule has 21 nitrogen and oxygen atoms in total. The molecule has 0 saturated carbocycles. The second-order valence-corrected chi connectivity index (χ2v) is 11.7. The van der Waals surface area contributed by atoms with E-state index in [9.17, 15) is 61.3 Å². The number of hydrogen-bond donors (Lipinski definition) is 12. The average Bonchev–Trinajstić information content (AvgIpc) is 3.33. The second-order valence-electron chi connectivity index (χ2n) is 11.7. The normalized spacial score (nSPS) is 53.7. The Morgan fingerprint density at radius 1 is 0.435 bits per heavy atom. The molecule has 0 spiro atoms. The Labute approximate surface area is 260 Å². The van der Waals surface area contributed by atoms with Gasteiger partial charge in [0.25, 0.3) is 0 Å². The number of rotatable bonds is 9. The first-order valence-electron chi connectivity index (χ1n) is 14.7. The van der Waals surface area contributed by atoms with Crippen LogP contribution in [0, 0.1) is 0 Å². The van der Waals surface area contributed by atoms with E-state index in [4.69, 9.17) is 42.6 Å². The number of aliphatic hydroxyl groups excluding tert-OH is 12. The molecule has 0 amide bonds. The summed E-state index contributed by atoms with van der Waals surface area (Å²) in [7, 11) is 0. The van der Waals surface area contributed by atoms with Gasteiger partial charge in [-0.3, -0.25) is 0 Å². The highest BCUT2D eigenvalue weighted by Crippen LogP contribution is 2.33. The van der Waals surface area contributed by atoms with Crippen LogP contribution in [0.25, 0.3) is 0 Å². The Morgan fingerprint density at radius 3 is 1.59 bits per heavy atom. The van der Waals surface area contributed by atoms with Crippen LogP contribution in [0.15, 0.2) is 0 Å². The van der Waals surface area contributed by atoms with E-state index < -0.39 is 149 Å². The SMILES string of the molecule is OC[C@@H]1O[C@@H](O[C@@H]2[C@@H](O)[C@H](O[C@@H]3CO[C@@H](O[C@@H]4COC(O)[C@H](O)[C@H]4O)[C@H](O)[C@H]3O)OC[C@H]2O)[C@H](O[C@@H]2OC[C@@H](O)[C@H](O)[C@H]2O)[C@H]1O. The highest BCUT2D eigenvalue weighted by Gasteiger charge is 2.53. The molecule has 5 aliphatic rings. The lowest BCUT2D eigenvalue weighted by Gasteiger charge is -2.44. The quantitative estimate of drug-likeness (QED) is 0.108. The third-order valence-corrected chi connectivity index (χ3v) is 8.44. The number of ether oxygens (including phenoxy) is 9. The number of aliphatic hydroxyl groups is 12. The van der Waals surface area contributed by atoms with E-state index in [1.807, 2.05) is 0 Å². The van der Waals surface area contributed by atoms with Crippen molar-refractivity contribution < 1.29 is 104 Å². The Morgan fingerprint density at radius 2 is 0.935 bits per heavy atom. The summed E-state index contributed by atoms with van der Waals surface area (Å²) in [5.74, 6) is 0. The Balaban J connectivity index is 1.19. The summed E-state index contributed by atoms with van der Waals surface area (Å²) in [4.78, 5) is 0. The predicted molar refractivity (Wildman–Crippen MR) is 136 cm³/mol. The fourth-order valence-corrected chi connectivity index (χ4v) is 5.63. The maximum atomic E-state index is 11.0. The molecule has 0 radical (unpaired) electrons. The van der Waals surface area contributed by atoms with E-state index in [-0.39, 0.29) is 6.61 Å². The van der Waals surface area contributed by atoms with Crippen LogP contribution in [0.1, 0.15) is 0 Å². The molecule has 0 aromatic heterocycles. The van der Waals surface area contributed by atoms with Crippen LogP contribution >= 0.6 is 0 Å². The highest BCUT2D eigenvalue weighted by molar-refractivity contribution is 4.94. The van der Waals surface area contributed by atoms with Gasteiger partial charge in [-0.1, -0.05) is 0 Å². The lowest BCUT2D eigenvalue weighted by molar-refractivity contribution is -0.356. The van der Waals surface area contributed by atoms with E-state index >= 15 is 0 Å². The van der Waals surface area contributed by atoms with E-state index in [2.05, 4.69) is 0 Å². The monoisotopic (exact) mass is 678 g/mol. The van der Waals surface area contributed by atoms with Gasteiger partial charge in [0.15, 0.2) is 31.5 Å². The molecule has 1 unspecified atom stereocenters. The first-order valence-corrected chi connectivity index (χ1v) is 14.7. The molecule has 46 heavy (non-hydrogen) atoms. The summed E-state index contributed by atoms with van der Waals surface area (Å²) < 4.78 is 48.8. The summed E-state index contributed by atoms with van der Waals surface area (Å²) in [5.41, 5.74) is 0. The van der Waals surface area contributed by atoms with Gasteiger partial charge >= 0.3 is 0 Å². The molecule has 5 fully saturated rings. The van der Waals surface area contributed by atoms with Crippen LogP contribution in [0.3, 0.4) is 0 Å². The summed E-state index contributed by atoms with van der Waals surface area (Å²) in [5, 5.41) is 122. The van der Waals surface area contributed by atoms with Crippen molar-refractivity contribution in [3.05, 3.63) is 0 Å². The van der Waals surface area contributed by atoms with Crippen molar-refractivity contribution in [2.24, 2.45) is 0 Å². The molecule has 5 rings (SSSR count). The van der Waals surface area contributed by atoms with Crippen LogP contribution in [-0.2, 0) is 42.6 Å². The fraction of sp³-hybridized carbons (Fsp3) is 1.00. The first kappa shape index (κ1) is 36.4. The average molecular weight is 679 g/mol. The van der Waals surface area contributed by atoms with Crippen LogP contribution < -0.4 is 0 Å². The standard InChI is InChI=1S/C25H42O21/c26-1-8-14(32)20(46-23-16(34)11(29)6(27)2-39-23)25(42-8)45-19-7(28)3-40-24(18(19)36)44-10-5-41-22(17(35)13(10)31)43-9-4-38-21(37)15(33)12(9)30/h6-37H,1-5H2/t6-,7-,8+,9-,10-,11+,12+,13+,14+,15-,16-,17-,18-,19+,20-,21?,22+,23+,24+,25+/m1/s1. The molecule has 0 aromatic carbocycles. The van der Waals surface area contributed by atoms with E-state index in [0.29, 0.717) is 0 Å². The Hall–Kier alpha value is -0.840. The van der Waals surface area contributed by atoms with Crippen molar-refractivity contribution in [3.8, 4) is 0 Å². The molecule has 5 saturated heterocycles. The van der Waals surface area contributed by atoms with Gasteiger partial charge in [0.2, 0.25) is 0 Å². The van der Waals surface area contributed by atoms with Gasteiger partial charge in [0.05, 0.1) is 33.0 Å². The molecule has 5 aliphatic heterocycles. The lowest BCUT2D eigenvalue weighted by Crippen LogP contribution is -2.62. The molecule has 268 valence electrons. The zero-order chi connectivity index (χ0) is 33.4. The van der Waals surface area contributed by atoms with E-state index in [0.717, 1.165) is 0 Å². The van der Waals surface area contributed by atoms with Crippen molar-refractivity contribution in [1.82, 2.24) is 0 Å². The lowest BCUT2D eigenvalue weighted by atomic mass is 10.0. The molecule has 0 aliphatic carbocycles. The molecule has 20 atom stereocenters. The zero-order valence-corrected chi connectivity index (χ0v) is 24.1. The minimum absolute atomic E-state index is 0.361. The number of hydrogen-bond acceptors (Lipinski definition) is 21. The smallest absolute Gasteiger partial charge is 0.187 e. The molecule has 0 aromatic rings. The van der Waals surface area contributed by atoms with Crippen molar-refractivity contribution in [2.45, 2.75) is 123 Å². The molecular weight excluding hydrogens is 636 g/mol. The fourth-order valence-electron chi connectivity index (χ4n) is 5.63. The predicted octanol–water partition coefficient (Wildman–Crippen LogP) is -8.73. The topological polar surface area (TPSA) is 326 Å². The van der Waals surface area contributed by atoms with Crippen molar-refractivity contribution >= 4 is 0 Å². The van der Waals surface area contributed by atoms with E-state index in [1.54, 1.807) is 0 Å². The highest BCUT2D eigenvalue weighted by atomic mass is 16.8. The molecule has 12 N–H and O–H groups in total. The van der Waals surface area contributed by atoms with Crippen LogP contribution in [0.5, 0.6) is 0 Å². The molecular formula is C25H42O21. The molecule has 0 bridgehead atoms. The Kier molecular flexibility index (Phi) is 12.2. The van der Waals surface area contributed by atoms with Crippen molar-refractivity contribution in [3.63, 3.8) is 0 Å². The minimum atomic E-state index is -1.80. The van der Waals surface area contributed by atoms with Crippen LogP contribution in [0.2, 0.25) is 0 Å². The summed E-state index contributed by atoms with van der Waals surface area (Å²) in [6.45, 7) is -2.39. The van der Waals surface area contributed by atoms with Gasteiger partial charge in [-0.2, -0.15) is 0 Å². The summed E-state index contributed by atoms with van der Waals surface area (Å²) >= 11 is 0. The van der Waals surface area contributed by atoms with Crippen LogP contribution in [-0.4, -0.2) is 217 Å². The van der Waals surface area contributed by atoms with Crippen molar-refractivity contribution in [2.75, 3.05) is 33.0 Å². The van der Waals surface area contributed by atoms with Crippen LogP contribution in [0.4, 0.5) is 0 Å². The zero-order valence-electron chi connectivity index (χ0n) is 24.1. The second kappa shape index (κ2) is 15.4. The van der Waals surface area contributed by atoms with Gasteiger partial charge < -0.3 is 104 Å². The third-order valence-electron chi connectivity index (χ3n) is 8.44. The Bertz CT molecular complexity index is 965. The maximum Gasteiger partial charge on any atom is 0.187 e. The van der Waals surface area contributed by atoms with Gasteiger partial charge in [0, 0.05) is 0 Å². The summed E-state index contributed by atoms with van der Waals surface area (Å²) in [6.07, 6.45) is -31.2. The molecule has 21 heteroatoms. The van der Waals surface area contributed by atoms with Crippen molar-refractivity contribution in [1.29, 1.82) is 0 Å². The van der Waals surface area contributed by atoms with Gasteiger partial charge in [-0.15, -0.1) is 0 Å². The van der Waals surface area contributed by atoms with Gasteiger partial charge in [0.1, 0.15) is 91.6 Å². The minimum Gasteiger partial charge on any atom is -0.394 e. The molecule has 5 heterocycles. The third kappa shape index (κ3) is 7.50. The van der Waals surface area contributed by atoms with Gasteiger partial charge in [-0.25, -0.2) is 0 Å². The maximum absolute atomic E-state index is 11.0. The van der Waals surface area contributed by atoms with Gasteiger partial charge in [-0.05, 0) is 0 Å². The van der Waals surface area contributed by atoms with E-state index in [1.165, 1.54) is 0 Å². The summed E-state index contributed by atoms with van der Waals surface area (Å²) in [6, 6.07) is 0. The first-order chi connectivity index (χ1) is 21.8. The largest absolute Gasteiger partial charge is 0.394 e.